The molecule has 0 saturated carbocycles. The van der Waals surface area contributed by atoms with Crippen molar-refractivity contribution in [2.75, 3.05) is 5.75 Å². The first-order valence-electron chi connectivity index (χ1n) is 6.94. The lowest BCUT2D eigenvalue weighted by atomic mass is 10.0. The van der Waals surface area contributed by atoms with Crippen LogP contribution in [0.2, 0.25) is 0 Å². The highest BCUT2D eigenvalue weighted by Crippen LogP contribution is 2.27. The van der Waals surface area contributed by atoms with Gasteiger partial charge in [-0.3, -0.25) is 0 Å². The van der Waals surface area contributed by atoms with Gasteiger partial charge in [0.05, 0.1) is 0 Å². The molecule has 0 fully saturated rings. The Kier molecular flexibility index (Phi) is 3.99. The number of aryl methyl sites for hydroxylation is 2. The highest BCUT2D eigenvalue weighted by atomic mass is 32.2. The van der Waals surface area contributed by atoms with Gasteiger partial charge in [-0.2, -0.15) is 0 Å². The number of fused-ring (bicyclic) bond motifs is 1. The molecule has 2 N–H and O–H groups in total. The lowest BCUT2D eigenvalue weighted by Gasteiger charge is -2.12. The molecule has 3 rings (SSSR count). The van der Waals surface area contributed by atoms with E-state index in [1.807, 2.05) is 24.3 Å². The monoisotopic (exact) mass is 298 g/mol. The fourth-order valence-corrected chi connectivity index (χ4v) is 3.22. The molecule has 0 radical (unpaired) electrons. The van der Waals surface area contributed by atoms with Gasteiger partial charge in [0.15, 0.2) is 5.58 Å². The van der Waals surface area contributed by atoms with Crippen molar-refractivity contribution in [1.82, 2.24) is 4.98 Å². The fraction of sp³-hybridized carbons (Fsp3) is 0.235. The van der Waals surface area contributed by atoms with E-state index in [9.17, 15) is 0 Å². The fourth-order valence-electron chi connectivity index (χ4n) is 2.39. The zero-order chi connectivity index (χ0) is 14.8. The minimum Gasteiger partial charge on any atom is -0.431 e. The molecule has 0 aliphatic rings. The third kappa shape index (κ3) is 3.28. The molecule has 1 aromatic heterocycles. The summed E-state index contributed by atoms with van der Waals surface area (Å²) in [6.45, 7) is 4.19. The molecule has 1 heterocycles. The Labute approximate surface area is 128 Å². The quantitative estimate of drug-likeness (QED) is 0.732. The van der Waals surface area contributed by atoms with Crippen LogP contribution in [-0.4, -0.2) is 10.7 Å². The van der Waals surface area contributed by atoms with Gasteiger partial charge in [-0.1, -0.05) is 53.2 Å². The van der Waals surface area contributed by atoms with E-state index in [2.05, 4.69) is 37.0 Å². The minimum atomic E-state index is -0.0244. The summed E-state index contributed by atoms with van der Waals surface area (Å²) in [5, 5.41) is 0.677. The molecular weight excluding hydrogens is 280 g/mol. The molecule has 0 aliphatic carbocycles. The van der Waals surface area contributed by atoms with Crippen LogP contribution >= 0.6 is 11.8 Å². The van der Waals surface area contributed by atoms with Crippen LogP contribution in [0, 0.1) is 13.8 Å². The van der Waals surface area contributed by atoms with Gasteiger partial charge >= 0.3 is 0 Å². The molecule has 0 amide bonds. The van der Waals surface area contributed by atoms with E-state index in [1.165, 1.54) is 11.1 Å². The summed E-state index contributed by atoms with van der Waals surface area (Å²) in [6.07, 6.45) is 0. The molecular formula is C17H18N2OS. The van der Waals surface area contributed by atoms with Gasteiger partial charge in [-0.15, -0.1) is 0 Å². The van der Waals surface area contributed by atoms with Gasteiger partial charge in [0.25, 0.3) is 5.22 Å². The van der Waals surface area contributed by atoms with Crippen molar-refractivity contribution in [3.05, 3.63) is 59.2 Å². The Morgan fingerprint density at radius 3 is 2.57 bits per heavy atom. The molecule has 4 heteroatoms. The van der Waals surface area contributed by atoms with Gasteiger partial charge in [0, 0.05) is 11.8 Å². The summed E-state index contributed by atoms with van der Waals surface area (Å²) in [6, 6.07) is 14.2. The molecule has 2 aromatic carbocycles. The highest BCUT2D eigenvalue weighted by molar-refractivity contribution is 7.99. The van der Waals surface area contributed by atoms with Crippen molar-refractivity contribution in [2.24, 2.45) is 5.73 Å². The number of oxazole rings is 1. The smallest absolute Gasteiger partial charge is 0.256 e. The second-order valence-electron chi connectivity index (χ2n) is 5.29. The summed E-state index contributed by atoms with van der Waals surface area (Å²) in [5.41, 5.74) is 11.6. The Morgan fingerprint density at radius 2 is 1.86 bits per heavy atom. The van der Waals surface area contributed by atoms with Crippen molar-refractivity contribution < 1.29 is 4.42 Å². The number of hydrogen-bond acceptors (Lipinski definition) is 4. The predicted molar refractivity (Wildman–Crippen MR) is 87.6 cm³/mol. The zero-order valence-electron chi connectivity index (χ0n) is 12.2. The maximum Gasteiger partial charge on any atom is 0.256 e. The molecule has 0 aliphatic heterocycles. The number of thioether (sulfide) groups is 1. The van der Waals surface area contributed by atoms with E-state index in [0.717, 1.165) is 22.4 Å². The first-order valence-corrected chi connectivity index (χ1v) is 7.92. The van der Waals surface area contributed by atoms with E-state index in [-0.39, 0.29) is 6.04 Å². The average molecular weight is 298 g/mol. The Hall–Kier alpha value is -1.78. The van der Waals surface area contributed by atoms with Gasteiger partial charge < -0.3 is 10.2 Å². The molecule has 108 valence electrons. The third-order valence-electron chi connectivity index (χ3n) is 3.33. The topological polar surface area (TPSA) is 52.0 Å². The van der Waals surface area contributed by atoms with E-state index >= 15 is 0 Å². The summed E-state index contributed by atoms with van der Waals surface area (Å²) < 4.78 is 5.70. The first-order chi connectivity index (χ1) is 10.1. The molecule has 3 nitrogen and oxygen atoms in total. The highest BCUT2D eigenvalue weighted by Gasteiger charge is 2.11. The average Bonchev–Trinajstić information content (AvgIpc) is 2.86. The number of benzene rings is 2. The van der Waals surface area contributed by atoms with Crippen LogP contribution < -0.4 is 5.73 Å². The molecule has 1 unspecified atom stereocenters. The van der Waals surface area contributed by atoms with Crippen LogP contribution in [0.5, 0.6) is 0 Å². The molecule has 1 atom stereocenters. The van der Waals surface area contributed by atoms with E-state index < -0.39 is 0 Å². The standard InChI is InChI=1S/C17H18N2OS/c1-11-7-12(2)9-13(8-11)14(18)10-21-17-19-15-5-3-4-6-16(15)20-17/h3-9,14H,10,18H2,1-2H3. The second-order valence-corrected chi connectivity index (χ2v) is 6.26. The predicted octanol–water partition coefficient (Wildman–Crippen LogP) is 4.24. The number of nitrogens with two attached hydrogens (primary N) is 1. The van der Waals surface area contributed by atoms with E-state index in [0.29, 0.717) is 5.22 Å². The van der Waals surface area contributed by atoms with E-state index in [1.54, 1.807) is 11.8 Å². The SMILES string of the molecule is Cc1cc(C)cc(C(N)CSc2nc3ccccc3o2)c1. The molecule has 21 heavy (non-hydrogen) atoms. The Bertz CT molecular complexity index is 713. The number of hydrogen-bond donors (Lipinski definition) is 1. The maximum absolute atomic E-state index is 6.28. The molecule has 0 saturated heterocycles. The van der Waals surface area contributed by atoms with Crippen molar-refractivity contribution in [1.29, 1.82) is 0 Å². The molecule has 3 aromatic rings. The summed E-state index contributed by atoms with van der Waals surface area (Å²) in [7, 11) is 0. The Morgan fingerprint density at radius 1 is 1.14 bits per heavy atom. The number of para-hydroxylation sites is 2. The van der Waals surface area contributed by atoms with Crippen LogP contribution in [0.3, 0.4) is 0 Å². The maximum atomic E-state index is 6.28. The Balaban J connectivity index is 1.71. The van der Waals surface area contributed by atoms with Crippen LogP contribution in [-0.2, 0) is 0 Å². The number of nitrogens with zero attached hydrogens (tertiary/aromatic N) is 1. The lowest BCUT2D eigenvalue weighted by molar-refractivity contribution is 0.489. The second kappa shape index (κ2) is 5.92. The van der Waals surface area contributed by atoms with Crippen molar-refractivity contribution >= 4 is 22.9 Å². The van der Waals surface area contributed by atoms with Crippen LogP contribution in [0.4, 0.5) is 0 Å². The third-order valence-corrected chi connectivity index (χ3v) is 4.28. The summed E-state index contributed by atoms with van der Waals surface area (Å²) in [5.74, 6) is 0.746. The van der Waals surface area contributed by atoms with Crippen molar-refractivity contribution in [3.8, 4) is 0 Å². The van der Waals surface area contributed by atoms with Crippen molar-refractivity contribution in [3.63, 3.8) is 0 Å². The first kappa shape index (κ1) is 14.2. The van der Waals surface area contributed by atoms with Crippen molar-refractivity contribution in [2.45, 2.75) is 25.1 Å². The van der Waals surface area contributed by atoms with Gasteiger partial charge in [-0.05, 0) is 31.5 Å². The zero-order valence-corrected chi connectivity index (χ0v) is 13.0. The normalized spacial score (nSPS) is 12.7. The minimum absolute atomic E-state index is 0.0244. The largest absolute Gasteiger partial charge is 0.431 e. The van der Waals surface area contributed by atoms with Gasteiger partial charge in [-0.25, -0.2) is 4.98 Å². The summed E-state index contributed by atoms with van der Waals surface area (Å²) >= 11 is 1.56. The molecule has 0 spiro atoms. The number of rotatable bonds is 4. The van der Waals surface area contributed by atoms with Crippen LogP contribution in [0.1, 0.15) is 22.7 Å². The molecule has 0 bridgehead atoms. The number of aromatic nitrogens is 1. The van der Waals surface area contributed by atoms with Gasteiger partial charge in [0.1, 0.15) is 5.52 Å². The van der Waals surface area contributed by atoms with E-state index in [4.69, 9.17) is 10.2 Å². The summed E-state index contributed by atoms with van der Waals surface area (Å²) in [4.78, 5) is 4.45. The lowest BCUT2D eigenvalue weighted by Crippen LogP contribution is -2.13. The van der Waals surface area contributed by atoms with Crippen LogP contribution in [0.25, 0.3) is 11.1 Å². The van der Waals surface area contributed by atoms with Gasteiger partial charge in [0.2, 0.25) is 0 Å². The van der Waals surface area contributed by atoms with Crippen LogP contribution in [0.15, 0.2) is 52.1 Å².